The molecule has 0 saturated heterocycles. The minimum Gasteiger partial charge on any atom is -0.481 e. The fourth-order valence-corrected chi connectivity index (χ4v) is 1.53. The normalized spacial score (nSPS) is 12.1. The fraction of sp³-hybridized carbons (Fsp3) is 0.385. The van der Waals surface area contributed by atoms with E-state index in [9.17, 15) is 9.59 Å². The quantitative estimate of drug-likeness (QED) is 0.734. The van der Waals surface area contributed by atoms with Crippen molar-refractivity contribution in [2.45, 2.75) is 32.2 Å². The Balaban J connectivity index is 2.64. The SMILES string of the molecule is CCc1ccc(C(=O)C(N)CCC(=O)O)cc1. The molecule has 1 aromatic carbocycles. The molecule has 0 aliphatic carbocycles. The molecule has 0 aliphatic rings. The third kappa shape index (κ3) is 4.00. The summed E-state index contributed by atoms with van der Waals surface area (Å²) < 4.78 is 0. The van der Waals surface area contributed by atoms with Crippen LogP contribution in [0.25, 0.3) is 0 Å². The van der Waals surface area contributed by atoms with Crippen LogP contribution in [0, 0.1) is 0 Å². The summed E-state index contributed by atoms with van der Waals surface area (Å²) in [5.41, 5.74) is 7.35. The van der Waals surface area contributed by atoms with Gasteiger partial charge in [-0.25, -0.2) is 0 Å². The molecule has 0 aliphatic heterocycles. The number of Topliss-reactive ketones (excluding diaryl/α,β-unsaturated/α-hetero) is 1. The largest absolute Gasteiger partial charge is 0.481 e. The first kappa shape index (κ1) is 13.4. The number of nitrogens with two attached hydrogens (primary N) is 1. The van der Waals surface area contributed by atoms with Gasteiger partial charge in [-0.3, -0.25) is 9.59 Å². The molecule has 1 unspecified atom stereocenters. The Hall–Kier alpha value is -1.68. The number of benzene rings is 1. The van der Waals surface area contributed by atoms with Crippen molar-refractivity contribution in [2.75, 3.05) is 0 Å². The number of ketones is 1. The van der Waals surface area contributed by atoms with Gasteiger partial charge in [0.25, 0.3) is 0 Å². The van der Waals surface area contributed by atoms with Gasteiger partial charge in [-0.1, -0.05) is 31.2 Å². The van der Waals surface area contributed by atoms with Gasteiger partial charge in [-0.2, -0.15) is 0 Å². The van der Waals surface area contributed by atoms with Crippen molar-refractivity contribution < 1.29 is 14.7 Å². The van der Waals surface area contributed by atoms with Gasteiger partial charge in [0.05, 0.1) is 6.04 Å². The first-order valence-corrected chi connectivity index (χ1v) is 5.65. The Labute approximate surface area is 100 Å². The number of carboxylic acid groups (broad SMARTS) is 1. The predicted octanol–water partition coefficient (Wildman–Crippen LogP) is 1.62. The van der Waals surface area contributed by atoms with E-state index in [-0.39, 0.29) is 18.6 Å². The number of hydrogen-bond donors (Lipinski definition) is 2. The Morgan fingerprint density at radius 3 is 2.35 bits per heavy atom. The minimum atomic E-state index is -0.936. The lowest BCUT2D eigenvalue weighted by Gasteiger charge is -2.09. The van der Waals surface area contributed by atoms with E-state index in [4.69, 9.17) is 10.8 Å². The van der Waals surface area contributed by atoms with Crippen LogP contribution in [0.3, 0.4) is 0 Å². The first-order valence-electron chi connectivity index (χ1n) is 5.65. The Morgan fingerprint density at radius 1 is 1.29 bits per heavy atom. The summed E-state index contributed by atoms with van der Waals surface area (Å²) in [7, 11) is 0. The Bertz CT molecular complexity index is 398. The summed E-state index contributed by atoms with van der Waals surface area (Å²) in [6, 6.07) is 6.51. The zero-order valence-electron chi connectivity index (χ0n) is 9.85. The molecule has 3 N–H and O–H groups in total. The van der Waals surface area contributed by atoms with Crippen LogP contribution in [0.2, 0.25) is 0 Å². The summed E-state index contributed by atoms with van der Waals surface area (Å²) in [5, 5.41) is 8.52. The maximum atomic E-state index is 11.8. The lowest BCUT2D eigenvalue weighted by molar-refractivity contribution is -0.137. The van der Waals surface area contributed by atoms with Crippen LogP contribution in [-0.4, -0.2) is 22.9 Å². The van der Waals surface area contributed by atoms with Crippen molar-refractivity contribution in [3.8, 4) is 0 Å². The molecule has 4 nitrogen and oxygen atoms in total. The Kier molecular flexibility index (Phi) is 4.84. The maximum Gasteiger partial charge on any atom is 0.303 e. The molecule has 0 amide bonds. The predicted molar refractivity (Wildman–Crippen MR) is 65.0 cm³/mol. The van der Waals surface area contributed by atoms with Crippen molar-refractivity contribution in [3.05, 3.63) is 35.4 Å². The van der Waals surface area contributed by atoms with E-state index in [0.717, 1.165) is 12.0 Å². The molecule has 17 heavy (non-hydrogen) atoms. The van der Waals surface area contributed by atoms with Crippen LogP contribution >= 0.6 is 0 Å². The van der Waals surface area contributed by atoms with Crippen molar-refractivity contribution in [1.29, 1.82) is 0 Å². The van der Waals surface area contributed by atoms with Gasteiger partial charge in [0, 0.05) is 12.0 Å². The summed E-state index contributed by atoms with van der Waals surface area (Å²) >= 11 is 0. The summed E-state index contributed by atoms with van der Waals surface area (Å²) in [6.07, 6.45) is 1.00. The van der Waals surface area contributed by atoms with Crippen LogP contribution in [0.15, 0.2) is 24.3 Å². The smallest absolute Gasteiger partial charge is 0.303 e. The topological polar surface area (TPSA) is 80.4 Å². The van der Waals surface area contributed by atoms with E-state index in [2.05, 4.69) is 0 Å². The van der Waals surface area contributed by atoms with Gasteiger partial charge in [-0.15, -0.1) is 0 Å². The van der Waals surface area contributed by atoms with E-state index >= 15 is 0 Å². The highest BCUT2D eigenvalue weighted by molar-refractivity contribution is 6.00. The van der Waals surface area contributed by atoms with Crippen molar-refractivity contribution in [3.63, 3.8) is 0 Å². The van der Waals surface area contributed by atoms with Gasteiger partial charge in [-0.05, 0) is 18.4 Å². The molecule has 0 aromatic heterocycles. The lowest BCUT2D eigenvalue weighted by atomic mass is 9.99. The second-order valence-electron chi connectivity index (χ2n) is 3.95. The summed E-state index contributed by atoms with van der Waals surface area (Å²) in [4.78, 5) is 22.2. The number of rotatable bonds is 6. The molecule has 0 bridgehead atoms. The summed E-state index contributed by atoms with van der Waals surface area (Å²) in [6.45, 7) is 2.04. The van der Waals surface area contributed by atoms with E-state index < -0.39 is 12.0 Å². The fourth-order valence-electron chi connectivity index (χ4n) is 1.53. The summed E-state index contributed by atoms with van der Waals surface area (Å²) in [5.74, 6) is -1.14. The highest BCUT2D eigenvalue weighted by Gasteiger charge is 2.16. The molecular weight excluding hydrogens is 218 g/mol. The van der Waals surface area contributed by atoms with Crippen molar-refractivity contribution >= 4 is 11.8 Å². The zero-order valence-corrected chi connectivity index (χ0v) is 9.85. The monoisotopic (exact) mass is 235 g/mol. The number of carbonyl (C=O) groups is 2. The first-order chi connectivity index (χ1) is 8.04. The van der Waals surface area contributed by atoms with Gasteiger partial charge in [0.15, 0.2) is 5.78 Å². The third-order valence-electron chi connectivity index (χ3n) is 2.65. The number of aryl methyl sites for hydroxylation is 1. The molecule has 0 heterocycles. The van der Waals surface area contributed by atoms with Crippen molar-refractivity contribution in [1.82, 2.24) is 0 Å². The van der Waals surface area contributed by atoms with Gasteiger partial charge in [0.1, 0.15) is 0 Å². The molecule has 92 valence electrons. The number of carbonyl (C=O) groups excluding carboxylic acids is 1. The Morgan fingerprint density at radius 2 is 1.88 bits per heavy atom. The highest BCUT2D eigenvalue weighted by atomic mass is 16.4. The van der Waals surface area contributed by atoms with E-state index in [1.807, 2.05) is 19.1 Å². The average Bonchev–Trinajstić information content (AvgIpc) is 2.35. The van der Waals surface area contributed by atoms with Crippen molar-refractivity contribution in [2.24, 2.45) is 5.73 Å². The maximum absolute atomic E-state index is 11.8. The zero-order chi connectivity index (χ0) is 12.8. The number of aliphatic carboxylic acids is 1. The molecule has 4 heteroatoms. The van der Waals surface area contributed by atoms with Gasteiger partial charge >= 0.3 is 5.97 Å². The van der Waals surface area contributed by atoms with Crippen LogP contribution in [-0.2, 0) is 11.2 Å². The van der Waals surface area contributed by atoms with Gasteiger partial charge < -0.3 is 10.8 Å². The molecule has 0 radical (unpaired) electrons. The van der Waals surface area contributed by atoms with Crippen LogP contribution in [0.1, 0.15) is 35.7 Å². The molecule has 1 atom stereocenters. The van der Waals surface area contributed by atoms with Crippen LogP contribution < -0.4 is 5.73 Å². The van der Waals surface area contributed by atoms with Gasteiger partial charge in [0.2, 0.25) is 0 Å². The van der Waals surface area contributed by atoms with E-state index in [1.165, 1.54) is 0 Å². The third-order valence-corrected chi connectivity index (χ3v) is 2.65. The second kappa shape index (κ2) is 6.15. The molecule has 0 spiro atoms. The number of hydrogen-bond acceptors (Lipinski definition) is 3. The van der Waals surface area contributed by atoms with E-state index in [0.29, 0.717) is 5.56 Å². The minimum absolute atomic E-state index is 0.0834. The van der Waals surface area contributed by atoms with Crippen LogP contribution in [0.4, 0.5) is 0 Å². The number of carboxylic acids is 1. The standard InChI is InChI=1S/C13H17NO3/c1-2-9-3-5-10(6-4-9)13(17)11(14)7-8-12(15)16/h3-6,11H,2,7-8,14H2,1H3,(H,15,16). The van der Waals surface area contributed by atoms with E-state index in [1.54, 1.807) is 12.1 Å². The lowest BCUT2D eigenvalue weighted by Crippen LogP contribution is -2.31. The second-order valence-corrected chi connectivity index (χ2v) is 3.95. The van der Waals surface area contributed by atoms with Crippen LogP contribution in [0.5, 0.6) is 0 Å². The molecule has 1 rings (SSSR count). The average molecular weight is 235 g/mol. The molecule has 0 fully saturated rings. The highest BCUT2D eigenvalue weighted by Crippen LogP contribution is 2.09. The molecule has 1 aromatic rings. The molecule has 0 saturated carbocycles. The molecular formula is C13H17NO3.